The molecule has 0 spiro atoms. The van der Waals surface area contributed by atoms with Crippen molar-refractivity contribution in [2.24, 2.45) is 11.8 Å². The Morgan fingerprint density at radius 2 is 2.13 bits per heavy atom. The summed E-state index contributed by atoms with van der Waals surface area (Å²) >= 11 is 0. The molecule has 1 aromatic carbocycles. The first-order chi connectivity index (χ1) is 7.35. The summed E-state index contributed by atoms with van der Waals surface area (Å²) in [6.07, 6.45) is 1.45. The molecule has 0 bridgehead atoms. The Morgan fingerprint density at radius 1 is 1.33 bits per heavy atom. The summed E-state index contributed by atoms with van der Waals surface area (Å²) in [5, 5.41) is 8.81. The number of piperidine rings is 1. The first kappa shape index (κ1) is 8.94. The van der Waals surface area contributed by atoms with Gasteiger partial charge in [0.1, 0.15) is 0 Å². The highest BCUT2D eigenvalue weighted by atomic mass is 15.2. The van der Waals surface area contributed by atoms with Gasteiger partial charge in [-0.15, -0.1) is 0 Å². The van der Waals surface area contributed by atoms with E-state index in [2.05, 4.69) is 17.0 Å². The van der Waals surface area contributed by atoms with Crippen LogP contribution in [0.2, 0.25) is 0 Å². The average molecular weight is 198 g/mol. The molecule has 2 fully saturated rings. The van der Waals surface area contributed by atoms with Crippen molar-refractivity contribution in [3.63, 3.8) is 0 Å². The third-order valence-electron chi connectivity index (χ3n) is 3.52. The van der Waals surface area contributed by atoms with E-state index in [1.807, 2.05) is 18.2 Å². The third kappa shape index (κ3) is 1.75. The number of nitrogens with zero attached hydrogens (tertiary/aromatic N) is 2. The molecule has 2 atom stereocenters. The van der Waals surface area contributed by atoms with Gasteiger partial charge in [-0.2, -0.15) is 5.26 Å². The average Bonchev–Trinajstić information content (AvgIpc) is 2.87. The van der Waals surface area contributed by atoms with Gasteiger partial charge in [0.25, 0.3) is 0 Å². The lowest BCUT2D eigenvalue weighted by molar-refractivity contribution is 0.297. The molecule has 2 unspecified atom stereocenters. The fraction of sp³-hybridized carbons (Fsp3) is 0.462. The number of hydrogen-bond acceptors (Lipinski definition) is 2. The van der Waals surface area contributed by atoms with Crippen LogP contribution >= 0.6 is 0 Å². The molecule has 1 aromatic rings. The molecule has 1 aliphatic carbocycles. The Bertz CT molecular complexity index is 409. The molecule has 2 nitrogen and oxygen atoms in total. The number of likely N-dealkylation sites (tertiary alicyclic amines) is 1. The van der Waals surface area contributed by atoms with Crippen molar-refractivity contribution in [3.8, 4) is 6.07 Å². The van der Waals surface area contributed by atoms with Crippen molar-refractivity contribution in [1.82, 2.24) is 4.90 Å². The second kappa shape index (κ2) is 3.36. The van der Waals surface area contributed by atoms with Crippen LogP contribution in [-0.4, -0.2) is 18.0 Å². The lowest BCUT2D eigenvalue weighted by Crippen LogP contribution is -2.21. The highest BCUT2D eigenvalue weighted by molar-refractivity contribution is 5.32. The molecule has 0 amide bonds. The van der Waals surface area contributed by atoms with E-state index in [9.17, 15) is 0 Å². The van der Waals surface area contributed by atoms with Crippen molar-refractivity contribution < 1.29 is 0 Å². The van der Waals surface area contributed by atoms with Gasteiger partial charge in [0.15, 0.2) is 0 Å². The number of benzene rings is 1. The zero-order valence-corrected chi connectivity index (χ0v) is 8.69. The summed E-state index contributed by atoms with van der Waals surface area (Å²) in [6, 6.07) is 10.2. The Hall–Kier alpha value is -1.33. The molecule has 1 saturated carbocycles. The lowest BCUT2D eigenvalue weighted by atomic mass is 10.1. The van der Waals surface area contributed by atoms with Crippen molar-refractivity contribution in [1.29, 1.82) is 5.26 Å². The van der Waals surface area contributed by atoms with E-state index in [0.29, 0.717) is 0 Å². The van der Waals surface area contributed by atoms with Crippen molar-refractivity contribution in [2.45, 2.75) is 13.0 Å². The van der Waals surface area contributed by atoms with Gasteiger partial charge in [-0.1, -0.05) is 12.1 Å². The van der Waals surface area contributed by atoms with Crippen LogP contribution in [0.1, 0.15) is 17.5 Å². The van der Waals surface area contributed by atoms with Crippen LogP contribution in [0.25, 0.3) is 0 Å². The monoisotopic (exact) mass is 198 g/mol. The molecule has 2 heteroatoms. The van der Waals surface area contributed by atoms with Crippen LogP contribution in [0.15, 0.2) is 24.3 Å². The number of nitriles is 1. The van der Waals surface area contributed by atoms with E-state index in [-0.39, 0.29) is 0 Å². The Morgan fingerprint density at radius 3 is 2.87 bits per heavy atom. The van der Waals surface area contributed by atoms with Gasteiger partial charge in [-0.05, 0) is 36.0 Å². The largest absolute Gasteiger partial charge is 0.299 e. The fourth-order valence-electron chi connectivity index (χ4n) is 2.62. The van der Waals surface area contributed by atoms with Crippen LogP contribution in [0.4, 0.5) is 0 Å². The number of hydrogen-bond donors (Lipinski definition) is 0. The molecule has 0 N–H and O–H groups in total. The van der Waals surface area contributed by atoms with Crippen LogP contribution < -0.4 is 0 Å². The quantitative estimate of drug-likeness (QED) is 0.727. The summed E-state index contributed by atoms with van der Waals surface area (Å²) in [7, 11) is 0. The van der Waals surface area contributed by atoms with Gasteiger partial charge in [0.2, 0.25) is 0 Å². The fourth-order valence-corrected chi connectivity index (χ4v) is 2.62. The van der Waals surface area contributed by atoms with E-state index in [4.69, 9.17) is 5.26 Å². The minimum atomic E-state index is 0.775. The standard InChI is InChI=1S/C13H14N2/c14-6-10-2-1-3-11(4-10)7-15-8-12-5-13(12)9-15/h1-4,12-13H,5,7-9H2. The van der Waals surface area contributed by atoms with Crippen molar-refractivity contribution in [3.05, 3.63) is 35.4 Å². The van der Waals surface area contributed by atoms with Crippen LogP contribution in [-0.2, 0) is 6.54 Å². The van der Waals surface area contributed by atoms with Gasteiger partial charge in [-0.3, -0.25) is 4.90 Å². The lowest BCUT2D eigenvalue weighted by Gasteiger charge is -2.17. The van der Waals surface area contributed by atoms with Crippen molar-refractivity contribution >= 4 is 0 Å². The normalized spacial score (nSPS) is 28.5. The predicted octanol–water partition coefficient (Wildman–Crippen LogP) is 2.01. The maximum Gasteiger partial charge on any atom is 0.0991 e. The highest BCUT2D eigenvalue weighted by Gasteiger charge is 2.44. The molecule has 0 radical (unpaired) electrons. The molecule has 2 aliphatic rings. The predicted molar refractivity (Wildman–Crippen MR) is 58.0 cm³/mol. The summed E-state index contributed by atoms with van der Waals surface area (Å²) in [4.78, 5) is 2.51. The SMILES string of the molecule is N#Cc1cccc(CN2CC3CC3C2)c1. The second-order valence-corrected chi connectivity index (χ2v) is 4.76. The van der Waals surface area contributed by atoms with E-state index in [1.54, 1.807) is 0 Å². The van der Waals surface area contributed by atoms with Gasteiger partial charge in [0.05, 0.1) is 11.6 Å². The van der Waals surface area contributed by atoms with Gasteiger partial charge < -0.3 is 0 Å². The number of rotatable bonds is 2. The molecule has 15 heavy (non-hydrogen) atoms. The van der Waals surface area contributed by atoms with Gasteiger partial charge >= 0.3 is 0 Å². The van der Waals surface area contributed by atoms with Gasteiger partial charge in [-0.25, -0.2) is 0 Å². The summed E-state index contributed by atoms with van der Waals surface area (Å²) in [5.74, 6) is 1.98. The molecule has 0 aromatic heterocycles. The van der Waals surface area contributed by atoms with Crippen LogP contribution in [0.5, 0.6) is 0 Å². The summed E-state index contributed by atoms with van der Waals surface area (Å²) in [6.45, 7) is 3.55. The van der Waals surface area contributed by atoms with E-state index in [0.717, 1.165) is 23.9 Å². The van der Waals surface area contributed by atoms with E-state index < -0.39 is 0 Å². The van der Waals surface area contributed by atoms with Crippen molar-refractivity contribution in [2.75, 3.05) is 13.1 Å². The third-order valence-corrected chi connectivity index (χ3v) is 3.52. The molecular weight excluding hydrogens is 184 g/mol. The first-order valence-electron chi connectivity index (χ1n) is 5.56. The minimum Gasteiger partial charge on any atom is -0.299 e. The topological polar surface area (TPSA) is 27.0 Å². The zero-order chi connectivity index (χ0) is 10.3. The highest BCUT2D eigenvalue weighted by Crippen LogP contribution is 2.45. The smallest absolute Gasteiger partial charge is 0.0991 e. The van der Waals surface area contributed by atoms with Gasteiger partial charge in [0, 0.05) is 19.6 Å². The Balaban J connectivity index is 1.68. The number of fused-ring (bicyclic) bond motifs is 1. The minimum absolute atomic E-state index is 0.775. The van der Waals surface area contributed by atoms with E-state index in [1.165, 1.54) is 25.1 Å². The molecule has 1 aliphatic heterocycles. The summed E-state index contributed by atoms with van der Waals surface area (Å²) < 4.78 is 0. The first-order valence-corrected chi connectivity index (χ1v) is 5.56. The molecular formula is C13H14N2. The molecule has 76 valence electrons. The van der Waals surface area contributed by atoms with Crippen LogP contribution in [0, 0.1) is 23.2 Å². The summed E-state index contributed by atoms with van der Waals surface area (Å²) in [5.41, 5.74) is 2.05. The second-order valence-electron chi connectivity index (χ2n) is 4.76. The molecule has 1 heterocycles. The molecule has 3 rings (SSSR count). The maximum atomic E-state index is 8.81. The molecule has 1 saturated heterocycles. The van der Waals surface area contributed by atoms with E-state index >= 15 is 0 Å². The maximum absolute atomic E-state index is 8.81. The zero-order valence-electron chi connectivity index (χ0n) is 8.69. The Labute approximate surface area is 90.1 Å². The van der Waals surface area contributed by atoms with Crippen LogP contribution in [0.3, 0.4) is 0 Å². The Kier molecular flexibility index (Phi) is 2.00.